The first-order valence-corrected chi connectivity index (χ1v) is 7.80. The summed E-state index contributed by atoms with van der Waals surface area (Å²) in [7, 11) is 1.63. The molecule has 2 aromatic rings. The number of rotatable bonds is 5. The quantitative estimate of drug-likeness (QED) is 0.851. The number of aryl methyl sites for hydroxylation is 2. The van der Waals surface area contributed by atoms with Gasteiger partial charge in [0.15, 0.2) is 5.78 Å². The topological polar surface area (TPSA) is 38.3 Å². The van der Waals surface area contributed by atoms with Crippen LogP contribution in [0.25, 0.3) is 0 Å². The first-order chi connectivity index (χ1) is 10.8. The van der Waals surface area contributed by atoms with Crippen LogP contribution in [0.4, 0.5) is 5.69 Å². The molecule has 0 spiro atoms. The lowest BCUT2D eigenvalue weighted by Gasteiger charge is -2.16. The number of ether oxygens (including phenoxy) is 1. The van der Waals surface area contributed by atoms with Gasteiger partial charge in [0.25, 0.3) is 0 Å². The summed E-state index contributed by atoms with van der Waals surface area (Å²) in [6.45, 7) is 0.277. The molecule has 3 heteroatoms. The summed E-state index contributed by atoms with van der Waals surface area (Å²) in [6.07, 6.45) is 4.72. The van der Waals surface area contributed by atoms with Gasteiger partial charge in [0.05, 0.1) is 19.3 Å². The molecule has 0 unspecified atom stereocenters. The van der Waals surface area contributed by atoms with Gasteiger partial charge in [-0.2, -0.15) is 0 Å². The van der Waals surface area contributed by atoms with Crippen LogP contribution in [0, 0.1) is 0 Å². The normalized spacial score (nSPS) is 13.3. The highest BCUT2D eigenvalue weighted by Gasteiger charge is 2.13. The van der Waals surface area contributed by atoms with Gasteiger partial charge in [0.2, 0.25) is 0 Å². The number of nitrogens with one attached hydrogen (secondary N) is 1. The second-order valence-corrected chi connectivity index (χ2v) is 5.67. The van der Waals surface area contributed by atoms with E-state index in [-0.39, 0.29) is 12.3 Å². The highest BCUT2D eigenvalue weighted by molar-refractivity contribution is 5.99. The third-order valence-electron chi connectivity index (χ3n) is 4.22. The van der Waals surface area contributed by atoms with Crippen LogP contribution in [0.5, 0.6) is 5.75 Å². The average Bonchev–Trinajstić information content (AvgIpc) is 2.59. The summed E-state index contributed by atoms with van der Waals surface area (Å²) in [4.78, 5) is 12.4. The second-order valence-electron chi connectivity index (χ2n) is 5.67. The molecule has 3 nitrogen and oxygen atoms in total. The van der Waals surface area contributed by atoms with Crippen molar-refractivity contribution < 1.29 is 9.53 Å². The Bertz CT molecular complexity index is 679. The molecular weight excluding hydrogens is 274 g/mol. The van der Waals surface area contributed by atoms with E-state index in [1.807, 2.05) is 30.3 Å². The van der Waals surface area contributed by atoms with E-state index in [1.165, 1.54) is 24.0 Å². The smallest absolute Gasteiger partial charge is 0.181 e. The molecule has 0 radical (unpaired) electrons. The maximum Gasteiger partial charge on any atom is 0.181 e. The minimum Gasteiger partial charge on any atom is -0.495 e. The zero-order chi connectivity index (χ0) is 15.4. The molecule has 0 saturated heterocycles. The number of fused-ring (bicyclic) bond motifs is 1. The van der Waals surface area contributed by atoms with Crippen LogP contribution < -0.4 is 10.1 Å². The first-order valence-electron chi connectivity index (χ1n) is 7.80. The number of methoxy groups -OCH3 is 1. The lowest BCUT2D eigenvalue weighted by molar-refractivity contribution is 0.101. The predicted octanol–water partition coefficient (Wildman–Crippen LogP) is 3.87. The van der Waals surface area contributed by atoms with Crippen LogP contribution in [-0.2, 0) is 12.8 Å². The fourth-order valence-electron chi connectivity index (χ4n) is 2.98. The van der Waals surface area contributed by atoms with Gasteiger partial charge in [-0.05, 0) is 55.0 Å². The molecule has 0 saturated carbocycles. The van der Waals surface area contributed by atoms with Crippen molar-refractivity contribution in [1.82, 2.24) is 0 Å². The van der Waals surface area contributed by atoms with Crippen LogP contribution >= 0.6 is 0 Å². The van der Waals surface area contributed by atoms with Gasteiger partial charge >= 0.3 is 0 Å². The van der Waals surface area contributed by atoms with Gasteiger partial charge in [0.1, 0.15) is 5.75 Å². The van der Waals surface area contributed by atoms with Crippen molar-refractivity contribution in [3.8, 4) is 5.75 Å². The average molecular weight is 295 g/mol. The minimum atomic E-state index is 0.110. The Morgan fingerprint density at radius 2 is 1.86 bits per heavy atom. The van der Waals surface area contributed by atoms with Gasteiger partial charge in [-0.1, -0.05) is 24.3 Å². The Morgan fingerprint density at radius 3 is 2.68 bits per heavy atom. The van der Waals surface area contributed by atoms with Crippen molar-refractivity contribution in [2.75, 3.05) is 19.0 Å². The Labute approximate surface area is 131 Å². The maximum absolute atomic E-state index is 12.4. The van der Waals surface area contributed by atoms with Crippen molar-refractivity contribution in [1.29, 1.82) is 0 Å². The second kappa shape index (κ2) is 6.65. The molecule has 1 aliphatic carbocycles. The molecule has 0 fully saturated rings. The maximum atomic E-state index is 12.4. The molecule has 3 rings (SSSR count). The van der Waals surface area contributed by atoms with Crippen LogP contribution in [0.1, 0.15) is 34.3 Å². The third-order valence-corrected chi connectivity index (χ3v) is 4.22. The number of ketones is 1. The molecular formula is C19H21NO2. The van der Waals surface area contributed by atoms with E-state index >= 15 is 0 Å². The summed E-state index contributed by atoms with van der Waals surface area (Å²) >= 11 is 0. The van der Waals surface area contributed by atoms with Gasteiger partial charge in [-0.3, -0.25) is 4.79 Å². The molecule has 1 N–H and O–H groups in total. The Morgan fingerprint density at radius 1 is 1.09 bits per heavy atom. The lowest BCUT2D eigenvalue weighted by atomic mass is 9.90. The number of hydrogen-bond donors (Lipinski definition) is 1. The fraction of sp³-hybridized carbons (Fsp3) is 0.316. The van der Waals surface area contributed by atoms with Gasteiger partial charge < -0.3 is 10.1 Å². The van der Waals surface area contributed by atoms with E-state index in [1.54, 1.807) is 7.11 Å². The minimum absolute atomic E-state index is 0.110. The molecule has 2 aromatic carbocycles. The summed E-state index contributed by atoms with van der Waals surface area (Å²) in [5, 5.41) is 3.17. The number of hydrogen-bond acceptors (Lipinski definition) is 3. The Balaban J connectivity index is 1.69. The molecule has 0 atom stereocenters. The number of carbonyl (C=O) groups excluding carboxylic acids is 1. The number of para-hydroxylation sites is 2. The molecule has 0 amide bonds. The largest absolute Gasteiger partial charge is 0.495 e. The van der Waals surface area contributed by atoms with Gasteiger partial charge in [-0.15, -0.1) is 0 Å². The van der Waals surface area contributed by atoms with E-state index in [2.05, 4.69) is 17.4 Å². The SMILES string of the molecule is COc1ccccc1NCC(=O)c1ccc2c(c1)CCCC2. The standard InChI is InChI=1S/C19H21NO2/c1-22-19-9-5-4-8-17(19)20-13-18(21)16-11-10-14-6-2-3-7-15(14)12-16/h4-5,8-12,20H,2-3,6-7,13H2,1H3. The van der Waals surface area contributed by atoms with Gasteiger partial charge in [-0.25, -0.2) is 0 Å². The number of benzene rings is 2. The van der Waals surface area contributed by atoms with E-state index in [0.29, 0.717) is 0 Å². The molecule has 0 aromatic heterocycles. The number of carbonyl (C=O) groups is 1. The lowest BCUT2D eigenvalue weighted by Crippen LogP contribution is -2.15. The number of Topliss-reactive ketones (excluding diaryl/α,β-unsaturated/α-hetero) is 1. The van der Waals surface area contributed by atoms with Crippen LogP contribution in [0.3, 0.4) is 0 Å². The Hall–Kier alpha value is -2.29. The van der Waals surface area contributed by atoms with Crippen molar-refractivity contribution >= 4 is 11.5 Å². The highest BCUT2D eigenvalue weighted by atomic mass is 16.5. The molecule has 22 heavy (non-hydrogen) atoms. The van der Waals surface area contributed by atoms with Crippen LogP contribution in [0.15, 0.2) is 42.5 Å². The van der Waals surface area contributed by atoms with Crippen LogP contribution in [0.2, 0.25) is 0 Å². The summed E-state index contributed by atoms with van der Waals surface area (Å²) < 4.78 is 5.28. The van der Waals surface area contributed by atoms with Crippen LogP contribution in [-0.4, -0.2) is 19.4 Å². The zero-order valence-corrected chi connectivity index (χ0v) is 12.9. The fourth-order valence-corrected chi connectivity index (χ4v) is 2.98. The summed E-state index contributed by atoms with van der Waals surface area (Å²) in [6, 6.07) is 13.8. The monoisotopic (exact) mass is 295 g/mol. The van der Waals surface area contributed by atoms with E-state index < -0.39 is 0 Å². The summed E-state index contributed by atoms with van der Waals surface area (Å²) in [5.74, 6) is 0.861. The predicted molar refractivity (Wildman–Crippen MR) is 88.9 cm³/mol. The van der Waals surface area contributed by atoms with E-state index in [4.69, 9.17) is 4.74 Å². The highest BCUT2D eigenvalue weighted by Crippen LogP contribution is 2.24. The third kappa shape index (κ3) is 3.14. The summed E-state index contributed by atoms with van der Waals surface area (Å²) in [5.41, 5.74) is 4.38. The molecule has 0 aliphatic heterocycles. The van der Waals surface area contributed by atoms with Crippen molar-refractivity contribution in [3.05, 3.63) is 59.2 Å². The van der Waals surface area contributed by atoms with E-state index in [0.717, 1.165) is 29.8 Å². The molecule has 114 valence electrons. The number of anilines is 1. The van der Waals surface area contributed by atoms with Crippen molar-refractivity contribution in [2.45, 2.75) is 25.7 Å². The Kier molecular flexibility index (Phi) is 4.42. The van der Waals surface area contributed by atoms with Crippen molar-refractivity contribution in [3.63, 3.8) is 0 Å². The van der Waals surface area contributed by atoms with Gasteiger partial charge in [0, 0.05) is 5.56 Å². The zero-order valence-electron chi connectivity index (χ0n) is 12.9. The molecule has 0 heterocycles. The van der Waals surface area contributed by atoms with Crippen molar-refractivity contribution in [2.24, 2.45) is 0 Å². The first kappa shape index (κ1) is 14.6. The molecule has 0 bridgehead atoms. The van der Waals surface area contributed by atoms with E-state index in [9.17, 15) is 4.79 Å². The molecule has 1 aliphatic rings.